The Balaban J connectivity index is 1.41. The van der Waals surface area contributed by atoms with Crippen molar-refractivity contribution in [3.63, 3.8) is 0 Å². The number of hydrogen-bond acceptors (Lipinski definition) is 7. The Labute approximate surface area is 246 Å². The average molecular weight is 594 g/mol. The number of ether oxygens (including phenoxy) is 2. The summed E-state index contributed by atoms with van der Waals surface area (Å²) in [4.78, 5) is 17.9. The number of nitrogens with zero attached hydrogens (tertiary/aromatic N) is 3. The first kappa shape index (κ1) is 27.8. The molecule has 10 heteroatoms. The molecule has 5 rings (SSSR count). The van der Waals surface area contributed by atoms with Gasteiger partial charge in [0, 0.05) is 21.5 Å². The van der Waals surface area contributed by atoms with Crippen LogP contribution in [0.25, 0.3) is 0 Å². The zero-order chi connectivity index (χ0) is 28.1. The van der Waals surface area contributed by atoms with E-state index >= 15 is 0 Å². The fourth-order valence-electron chi connectivity index (χ4n) is 4.23. The molecule has 0 radical (unpaired) electrons. The van der Waals surface area contributed by atoms with E-state index in [0.29, 0.717) is 50.5 Å². The van der Waals surface area contributed by atoms with E-state index in [0.717, 1.165) is 16.7 Å². The summed E-state index contributed by atoms with van der Waals surface area (Å²) in [6.07, 6.45) is 1.54. The van der Waals surface area contributed by atoms with Crippen LogP contribution < -0.4 is 10.1 Å². The van der Waals surface area contributed by atoms with Crippen LogP contribution in [0.15, 0.2) is 102 Å². The summed E-state index contributed by atoms with van der Waals surface area (Å²) in [5, 5.41) is 9.92. The molecule has 0 saturated carbocycles. The summed E-state index contributed by atoms with van der Waals surface area (Å²) in [5.41, 5.74) is 3.91. The molecule has 1 aliphatic heterocycles. The number of anilines is 1. The lowest BCUT2D eigenvalue weighted by Crippen LogP contribution is -2.29. The lowest BCUT2D eigenvalue weighted by Gasteiger charge is -2.28. The largest absolute Gasteiger partial charge is 0.489 e. The number of rotatable bonds is 10. The molecule has 1 N–H and O–H groups in total. The van der Waals surface area contributed by atoms with Gasteiger partial charge in [0.05, 0.1) is 5.57 Å². The van der Waals surface area contributed by atoms with Crippen molar-refractivity contribution < 1.29 is 14.3 Å². The molecule has 0 aliphatic carbocycles. The highest BCUT2D eigenvalue weighted by Crippen LogP contribution is 2.38. The molecule has 0 bridgehead atoms. The summed E-state index contributed by atoms with van der Waals surface area (Å²) in [6, 6.07) is 22.2. The highest BCUT2D eigenvalue weighted by Gasteiger charge is 2.35. The van der Waals surface area contributed by atoms with Crippen LogP contribution in [0.5, 0.6) is 5.75 Å². The Hall–Kier alpha value is -3.72. The lowest BCUT2D eigenvalue weighted by atomic mass is 9.96. The molecule has 1 unspecified atom stereocenters. The van der Waals surface area contributed by atoms with Gasteiger partial charge in [-0.3, -0.25) is 0 Å². The van der Waals surface area contributed by atoms with Crippen molar-refractivity contribution in [1.82, 2.24) is 14.8 Å². The normalized spacial score (nSPS) is 14.3. The maximum atomic E-state index is 13.2. The van der Waals surface area contributed by atoms with Gasteiger partial charge in [-0.15, -0.1) is 5.10 Å². The number of benzene rings is 3. The Morgan fingerprint density at radius 3 is 2.58 bits per heavy atom. The molecule has 7 nitrogen and oxygen atoms in total. The molecular formula is C30H26Cl2N4O3S. The number of fused-ring (bicyclic) bond motifs is 1. The number of allylic oxidation sites excluding steroid dienone is 1. The molecule has 2 heterocycles. The number of esters is 1. The van der Waals surface area contributed by atoms with Crippen molar-refractivity contribution in [3.8, 4) is 5.75 Å². The zero-order valence-electron chi connectivity index (χ0n) is 21.6. The number of nitrogens with one attached hydrogen (secondary N) is 1. The van der Waals surface area contributed by atoms with E-state index in [-0.39, 0.29) is 6.61 Å². The minimum atomic E-state index is -0.555. The maximum Gasteiger partial charge on any atom is 0.338 e. The van der Waals surface area contributed by atoms with Gasteiger partial charge in [0.2, 0.25) is 11.1 Å². The number of carbonyl (C=O) groups excluding carboxylic acids is 1. The third kappa shape index (κ3) is 6.36. The molecule has 3 aromatic carbocycles. The Kier molecular flexibility index (Phi) is 8.79. The summed E-state index contributed by atoms with van der Waals surface area (Å²) in [7, 11) is 0. The first-order chi connectivity index (χ1) is 19.4. The summed E-state index contributed by atoms with van der Waals surface area (Å²) >= 11 is 13.8. The van der Waals surface area contributed by atoms with Crippen molar-refractivity contribution in [3.05, 3.63) is 123 Å². The predicted octanol–water partition coefficient (Wildman–Crippen LogP) is 7.47. The second-order valence-corrected chi connectivity index (χ2v) is 10.8. The quantitative estimate of drug-likeness (QED) is 0.116. The van der Waals surface area contributed by atoms with Crippen LogP contribution in [0.2, 0.25) is 10.0 Å². The van der Waals surface area contributed by atoms with Crippen molar-refractivity contribution in [1.29, 1.82) is 0 Å². The standard InChI is InChI=1S/C30H26Cl2N4O3S/c1-3-16-38-28(37)26-19(2)33-29-34-30(40-18-22-6-4-5-7-25(22)32)35-36(29)27(26)21-10-14-24(15-11-21)39-17-20-8-12-23(31)13-9-20/h3-15,27H,1,16-18H2,2H3,(H,33,34,35). The number of carbonyl (C=O) groups is 1. The van der Waals surface area contributed by atoms with E-state index in [1.165, 1.54) is 17.8 Å². The molecule has 204 valence electrons. The second kappa shape index (κ2) is 12.6. The van der Waals surface area contributed by atoms with Gasteiger partial charge in [-0.05, 0) is 53.9 Å². The van der Waals surface area contributed by atoms with Gasteiger partial charge >= 0.3 is 5.97 Å². The molecule has 0 spiro atoms. The summed E-state index contributed by atoms with van der Waals surface area (Å²) in [6.45, 7) is 5.98. The molecule has 4 aromatic rings. The van der Waals surface area contributed by atoms with Crippen molar-refractivity contribution in [2.45, 2.75) is 30.5 Å². The van der Waals surface area contributed by atoms with Crippen LogP contribution >= 0.6 is 35.0 Å². The van der Waals surface area contributed by atoms with Gasteiger partial charge in [0.25, 0.3) is 0 Å². The fourth-order valence-corrected chi connectivity index (χ4v) is 5.47. The number of thioether (sulfide) groups is 1. The average Bonchev–Trinajstić information content (AvgIpc) is 3.37. The van der Waals surface area contributed by atoms with Crippen LogP contribution in [-0.2, 0) is 21.9 Å². The van der Waals surface area contributed by atoms with E-state index in [1.54, 1.807) is 4.68 Å². The number of hydrogen-bond donors (Lipinski definition) is 1. The van der Waals surface area contributed by atoms with Gasteiger partial charge in [0.15, 0.2) is 0 Å². The Bertz CT molecular complexity index is 1550. The van der Waals surface area contributed by atoms with Crippen molar-refractivity contribution >= 4 is 46.9 Å². The first-order valence-corrected chi connectivity index (χ1v) is 14.2. The first-order valence-electron chi connectivity index (χ1n) is 12.5. The van der Waals surface area contributed by atoms with Crippen molar-refractivity contribution in [2.24, 2.45) is 0 Å². The highest BCUT2D eigenvalue weighted by atomic mass is 35.5. The molecule has 0 saturated heterocycles. The van der Waals surface area contributed by atoms with Gasteiger partial charge in [-0.25, -0.2) is 9.48 Å². The van der Waals surface area contributed by atoms with Crippen molar-refractivity contribution in [2.75, 3.05) is 11.9 Å². The molecule has 1 atom stereocenters. The fraction of sp³-hybridized carbons (Fsp3) is 0.167. The van der Waals surface area contributed by atoms with Gasteiger partial charge in [-0.1, -0.05) is 90.1 Å². The van der Waals surface area contributed by atoms with Gasteiger partial charge in [-0.2, -0.15) is 4.98 Å². The Morgan fingerprint density at radius 1 is 1.10 bits per heavy atom. The lowest BCUT2D eigenvalue weighted by molar-refractivity contribution is -0.138. The summed E-state index contributed by atoms with van der Waals surface area (Å²) in [5.74, 6) is 1.38. The zero-order valence-corrected chi connectivity index (χ0v) is 24.0. The number of halogens is 2. The van der Waals surface area contributed by atoms with Crippen LogP contribution in [-0.4, -0.2) is 27.3 Å². The SMILES string of the molecule is C=CCOC(=O)C1=C(C)Nc2nc(SCc3ccccc3Cl)nn2C1c1ccc(OCc2ccc(Cl)cc2)cc1. The summed E-state index contributed by atoms with van der Waals surface area (Å²) < 4.78 is 13.1. The minimum Gasteiger partial charge on any atom is -0.489 e. The molecule has 0 amide bonds. The molecule has 1 aliphatic rings. The van der Waals surface area contributed by atoms with Gasteiger partial charge < -0.3 is 14.8 Å². The van der Waals surface area contributed by atoms with Crippen LogP contribution in [0.1, 0.15) is 29.7 Å². The monoisotopic (exact) mass is 592 g/mol. The van der Waals surface area contributed by atoms with E-state index in [1.807, 2.05) is 79.7 Å². The smallest absolute Gasteiger partial charge is 0.338 e. The van der Waals surface area contributed by atoms with Crippen LogP contribution in [0.3, 0.4) is 0 Å². The predicted molar refractivity (Wildman–Crippen MR) is 159 cm³/mol. The van der Waals surface area contributed by atoms with Gasteiger partial charge in [0.1, 0.15) is 25.0 Å². The third-order valence-electron chi connectivity index (χ3n) is 6.21. The maximum absolute atomic E-state index is 13.2. The third-order valence-corrected chi connectivity index (χ3v) is 7.72. The molecular weight excluding hydrogens is 567 g/mol. The van der Waals surface area contributed by atoms with E-state index < -0.39 is 12.0 Å². The van der Waals surface area contributed by atoms with Crippen LogP contribution in [0.4, 0.5) is 5.95 Å². The second-order valence-electron chi connectivity index (χ2n) is 8.98. The Morgan fingerprint density at radius 2 is 1.85 bits per heavy atom. The molecule has 40 heavy (non-hydrogen) atoms. The van der Waals surface area contributed by atoms with Crippen LogP contribution in [0, 0.1) is 0 Å². The minimum absolute atomic E-state index is 0.100. The van der Waals surface area contributed by atoms with E-state index in [4.69, 9.17) is 37.8 Å². The van der Waals surface area contributed by atoms with E-state index in [2.05, 4.69) is 16.9 Å². The topological polar surface area (TPSA) is 78.3 Å². The highest BCUT2D eigenvalue weighted by molar-refractivity contribution is 7.98. The van der Waals surface area contributed by atoms with E-state index in [9.17, 15) is 4.79 Å². The number of aromatic nitrogens is 3. The molecule has 0 fully saturated rings. The molecule has 1 aromatic heterocycles.